The van der Waals surface area contributed by atoms with Gasteiger partial charge in [0.05, 0.1) is 13.2 Å². The van der Waals surface area contributed by atoms with E-state index in [1.54, 1.807) is 0 Å². The Hall–Kier alpha value is -0.380. The standard InChI is InChI=1S/C11H15NOS/c12-7-11(2-3-11)10-5-8-6-13-4-1-9(8)14-10/h5H,1-4,6-7,12H2. The number of thiophene rings is 1. The van der Waals surface area contributed by atoms with Gasteiger partial charge in [-0.05, 0) is 24.5 Å². The van der Waals surface area contributed by atoms with E-state index in [1.165, 1.54) is 28.2 Å². The van der Waals surface area contributed by atoms with Crippen molar-refractivity contribution in [1.29, 1.82) is 0 Å². The monoisotopic (exact) mass is 209 g/mol. The van der Waals surface area contributed by atoms with Crippen molar-refractivity contribution in [2.75, 3.05) is 13.2 Å². The topological polar surface area (TPSA) is 35.2 Å². The fourth-order valence-electron chi connectivity index (χ4n) is 2.11. The van der Waals surface area contributed by atoms with Crippen molar-refractivity contribution >= 4 is 11.3 Å². The first-order valence-electron chi connectivity index (χ1n) is 5.24. The molecular formula is C11H15NOS. The largest absolute Gasteiger partial charge is 0.376 e. The quantitative estimate of drug-likeness (QED) is 0.806. The molecular weight excluding hydrogens is 194 g/mol. The van der Waals surface area contributed by atoms with Gasteiger partial charge >= 0.3 is 0 Å². The summed E-state index contributed by atoms with van der Waals surface area (Å²) in [7, 11) is 0. The summed E-state index contributed by atoms with van der Waals surface area (Å²) in [4.78, 5) is 3.04. The zero-order chi connectivity index (χ0) is 9.60. The van der Waals surface area contributed by atoms with Crippen molar-refractivity contribution in [3.63, 3.8) is 0 Å². The minimum absolute atomic E-state index is 0.363. The van der Waals surface area contributed by atoms with Gasteiger partial charge in [0.15, 0.2) is 0 Å². The molecule has 2 nitrogen and oxygen atoms in total. The van der Waals surface area contributed by atoms with Crippen LogP contribution in [0, 0.1) is 0 Å². The molecule has 0 saturated heterocycles. The minimum atomic E-state index is 0.363. The smallest absolute Gasteiger partial charge is 0.0727 e. The van der Waals surface area contributed by atoms with Crippen molar-refractivity contribution in [2.45, 2.75) is 31.3 Å². The van der Waals surface area contributed by atoms with Crippen molar-refractivity contribution in [2.24, 2.45) is 5.73 Å². The first-order chi connectivity index (χ1) is 6.84. The highest BCUT2D eigenvalue weighted by molar-refractivity contribution is 7.12. The summed E-state index contributed by atoms with van der Waals surface area (Å²) in [5.41, 5.74) is 7.61. The Morgan fingerprint density at radius 1 is 1.50 bits per heavy atom. The third-order valence-corrected chi connectivity index (χ3v) is 4.88. The van der Waals surface area contributed by atoms with Crippen LogP contribution in [0.2, 0.25) is 0 Å². The van der Waals surface area contributed by atoms with Gasteiger partial charge < -0.3 is 10.5 Å². The van der Waals surface area contributed by atoms with Crippen molar-refractivity contribution < 1.29 is 4.74 Å². The van der Waals surface area contributed by atoms with Crippen molar-refractivity contribution in [3.8, 4) is 0 Å². The van der Waals surface area contributed by atoms with E-state index >= 15 is 0 Å². The summed E-state index contributed by atoms with van der Waals surface area (Å²) in [5.74, 6) is 0. The van der Waals surface area contributed by atoms with Crippen LogP contribution in [0.3, 0.4) is 0 Å². The average Bonchev–Trinajstić information content (AvgIpc) is 2.91. The number of hydrogen-bond donors (Lipinski definition) is 1. The fourth-order valence-corrected chi connectivity index (χ4v) is 3.52. The van der Waals surface area contributed by atoms with E-state index in [9.17, 15) is 0 Å². The maximum Gasteiger partial charge on any atom is 0.0727 e. The molecule has 2 heterocycles. The van der Waals surface area contributed by atoms with Crippen LogP contribution in [0.5, 0.6) is 0 Å². The number of rotatable bonds is 2. The molecule has 0 unspecified atom stereocenters. The van der Waals surface area contributed by atoms with Gasteiger partial charge in [0, 0.05) is 28.1 Å². The molecule has 14 heavy (non-hydrogen) atoms. The van der Waals surface area contributed by atoms with Gasteiger partial charge in [-0.2, -0.15) is 0 Å². The molecule has 0 spiro atoms. The van der Waals surface area contributed by atoms with Crippen LogP contribution in [-0.4, -0.2) is 13.2 Å². The summed E-state index contributed by atoms with van der Waals surface area (Å²) in [6, 6.07) is 2.33. The number of fused-ring (bicyclic) bond motifs is 1. The van der Waals surface area contributed by atoms with Crippen LogP contribution in [-0.2, 0) is 23.2 Å². The molecule has 1 saturated carbocycles. The third-order valence-electron chi connectivity index (χ3n) is 3.39. The molecule has 1 aromatic heterocycles. The lowest BCUT2D eigenvalue weighted by Gasteiger charge is -2.10. The predicted octanol–water partition coefficient (Wildman–Crippen LogP) is 1.81. The Morgan fingerprint density at radius 2 is 2.36 bits per heavy atom. The first-order valence-corrected chi connectivity index (χ1v) is 6.06. The van der Waals surface area contributed by atoms with Gasteiger partial charge in [0.2, 0.25) is 0 Å². The van der Waals surface area contributed by atoms with E-state index in [4.69, 9.17) is 10.5 Å². The molecule has 0 amide bonds. The lowest BCUT2D eigenvalue weighted by Crippen LogP contribution is -2.18. The van der Waals surface area contributed by atoms with E-state index in [0.717, 1.165) is 26.2 Å². The van der Waals surface area contributed by atoms with Crippen LogP contribution in [0.15, 0.2) is 6.07 Å². The average molecular weight is 209 g/mol. The lowest BCUT2D eigenvalue weighted by atomic mass is 10.0. The molecule has 2 aliphatic rings. The normalized spacial score (nSPS) is 23.2. The van der Waals surface area contributed by atoms with Gasteiger partial charge in [-0.1, -0.05) is 0 Å². The second-order valence-corrected chi connectivity index (χ2v) is 5.48. The Labute approximate surface area is 88.1 Å². The maximum atomic E-state index is 5.83. The molecule has 0 bridgehead atoms. The first kappa shape index (κ1) is 8.89. The lowest BCUT2D eigenvalue weighted by molar-refractivity contribution is 0.112. The summed E-state index contributed by atoms with van der Waals surface area (Å²) in [6.07, 6.45) is 3.66. The molecule has 3 heteroatoms. The van der Waals surface area contributed by atoms with E-state index in [-0.39, 0.29) is 0 Å². The second kappa shape index (κ2) is 3.05. The Bertz CT molecular complexity index is 331. The van der Waals surface area contributed by atoms with Crippen LogP contribution in [0.1, 0.15) is 28.2 Å². The van der Waals surface area contributed by atoms with Crippen molar-refractivity contribution in [3.05, 3.63) is 21.4 Å². The number of hydrogen-bond acceptors (Lipinski definition) is 3. The van der Waals surface area contributed by atoms with Crippen LogP contribution in [0.25, 0.3) is 0 Å². The molecule has 76 valence electrons. The molecule has 2 N–H and O–H groups in total. The zero-order valence-electron chi connectivity index (χ0n) is 8.21. The zero-order valence-corrected chi connectivity index (χ0v) is 9.03. The van der Waals surface area contributed by atoms with Gasteiger partial charge in [-0.3, -0.25) is 0 Å². The summed E-state index contributed by atoms with van der Waals surface area (Å²) >= 11 is 1.97. The minimum Gasteiger partial charge on any atom is -0.376 e. The van der Waals surface area contributed by atoms with Crippen molar-refractivity contribution in [1.82, 2.24) is 0 Å². The fraction of sp³-hybridized carbons (Fsp3) is 0.636. The molecule has 1 aliphatic carbocycles. The predicted molar refractivity (Wildman–Crippen MR) is 57.6 cm³/mol. The summed E-state index contributed by atoms with van der Waals surface area (Å²) in [6.45, 7) is 2.52. The number of nitrogens with two attached hydrogens (primary N) is 1. The highest BCUT2D eigenvalue weighted by Crippen LogP contribution is 2.50. The van der Waals surface area contributed by atoms with E-state index in [1.807, 2.05) is 11.3 Å². The van der Waals surface area contributed by atoms with Gasteiger partial charge in [-0.15, -0.1) is 11.3 Å². The van der Waals surface area contributed by atoms with Crippen LogP contribution in [0.4, 0.5) is 0 Å². The molecule has 0 radical (unpaired) electrons. The molecule has 0 atom stereocenters. The molecule has 0 aromatic carbocycles. The Balaban J connectivity index is 1.96. The molecule has 1 aromatic rings. The number of ether oxygens (including phenoxy) is 1. The van der Waals surface area contributed by atoms with E-state index in [2.05, 4.69) is 6.07 Å². The maximum absolute atomic E-state index is 5.83. The van der Waals surface area contributed by atoms with Gasteiger partial charge in [0.1, 0.15) is 0 Å². The molecule has 1 aliphatic heterocycles. The van der Waals surface area contributed by atoms with Gasteiger partial charge in [-0.25, -0.2) is 0 Å². The second-order valence-electron chi connectivity index (χ2n) is 4.35. The Kier molecular flexibility index (Phi) is 1.94. The summed E-state index contributed by atoms with van der Waals surface area (Å²) in [5, 5.41) is 0. The highest BCUT2D eigenvalue weighted by Gasteiger charge is 2.44. The summed E-state index contributed by atoms with van der Waals surface area (Å²) < 4.78 is 5.45. The van der Waals surface area contributed by atoms with Gasteiger partial charge in [0.25, 0.3) is 0 Å². The van der Waals surface area contributed by atoms with Crippen LogP contribution < -0.4 is 5.73 Å². The molecule has 3 rings (SSSR count). The SMILES string of the molecule is NCC1(c2cc3c(s2)CCOC3)CC1. The van der Waals surface area contributed by atoms with E-state index < -0.39 is 0 Å². The Morgan fingerprint density at radius 3 is 3.00 bits per heavy atom. The highest BCUT2D eigenvalue weighted by atomic mass is 32.1. The molecule has 1 fully saturated rings. The van der Waals surface area contributed by atoms with E-state index in [0.29, 0.717) is 5.41 Å². The van der Waals surface area contributed by atoms with Crippen LogP contribution >= 0.6 is 11.3 Å². The third kappa shape index (κ3) is 1.23.